The molecular weight excluding hydrogens is 402 g/mol. The van der Waals surface area contributed by atoms with Crippen molar-refractivity contribution in [2.75, 3.05) is 32.8 Å². The van der Waals surface area contributed by atoms with Gasteiger partial charge in [-0.3, -0.25) is 9.98 Å². The van der Waals surface area contributed by atoms with E-state index in [9.17, 15) is 8.42 Å². The molecule has 0 aliphatic rings. The highest BCUT2D eigenvalue weighted by atomic mass is 32.2. The average molecular weight is 434 g/mol. The average Bonchev–Trinajstić information content (AvgIpc) is 2.76. The Morgan fingerprint density at radius 3 is 2.63 bits per heavy atom. The summed E-state index contributed by atoms with van der Waals surface area (Å²) in [6.45, 7) is 7.22. The topological polar surface area (TPSA) is 105 Å². The number of nitrogens with one attached hydrogen (secondary N) is 3. The Hall–Kier alpha value is -2.49. The zero-order valence-electron chi connectivity index (χ0n) is 17.5. The van der Waals surface area contributed by atoms with Crippen LogP contribution in [0.2, 0.25) is 0 Å². The fourth-order valence-electron chi connectivity index (χ4n) is 2.55. The predicted octanol–water partition coefficient (Wildman–Crippen LogP) is 1.77. The summed E-state index contributed by atoms with van der Waals surface area (Å²) < 4.78 is 32.7. The highest BCUT2D eigenvalue weighted by Gasteiger charge is 2.12. The lowest BCUT2D eigenvalue weighted by Crippen LogP contribution is -2.41. The van der Waals surface area contributed by atoms with Crippen LogP contribution in [-0.4, -0.2) is 52.1 Å². The molecule has 1 aromatic carbocycles. The summed E-state index contributed by atoms with van der Waals surface area (Å²) in [5, 5.41) is 6.30. The van der Waals surface area contributed by atoms with E-state index in [1.165, 1.54) is 18.5 Å². The molecule has 1 aromatic heterocycles. The van der Waals surface area contributed by atoms with Crippen LogP contribution in [0.3, 0.4) is 0 Å². The second-order valence-electron chi connectivity index (χ2n) is 6.84. The molecule has 0 spiro atoms. The van der Waals surface area contributed by atoms with E-state index >= 15 is 0 Å². The third kappa shape index (κ3) is 8.89. The van der Waals surface area contributed by atoms with Crippen LogP contribution in [0.4, 0.5) is 0 Å². The molecule has 2 aromatic rings. The summed E-state index contributed by atoms with van der Waals surface area (Å²) >= 11 is 0. The Kier molecular flexibility index (Phi) is 10.3. The molecule has 1 unspecified atom stereocenters. The smallest absolute Gasteiger partial charge is 0.242 e. The Balaban J connectivity index is 1.71. The third-order valence-electron chi connectivity index (χ3n) is 4.07. The number of hydrogen-bond acceptors (Lipinski definition) is 5. The van der Waals surface area contributed by atoms with Crippen molar-refractivity contribution in [3.8, 4) is 0 Å². The minimum atomic E-state index is -3.56. The van der Waals surface area contributed by atoms with E-state index in [4.69, 9.17) is 4.74 Å². The molecule has 0 saturated heterocycles. The molecule has 0 aliphatic heterocycles. The van der Waals surface area contributed by atoms with Gasteiger partial charge in [-0.25, -0.2) is 13.1 Å². The van der Waals surface area contributed by atoms with Crippen LogP contribution in [0.25, 0.3) is 0 Å². The summed E-state index contributed by atoms with van der Waals surface area (Å²) in [6, 6.07) is 13.2. The normalized spacial score (nSPS) is 13.1. The van der Waals surface area contributed by atoms with Crippen molar-refractivity contribution in [2.24, 2.45) is 10.9 Å². The van der Waals surface area contributed by atoms with Gasteiger partial charge in [0.25, 0.3) is 0 Å². The molecule has 8 nitrogen and oxygen atoms in total. The zero-order valence-corrected chi connectivity index (χ0v) is 18.4. The number of benzene rings is 1. The molecule has 30 heavy (non-hydrogen) atoms. The molecule has 0 saturated carbocycles. The van der Waals surface area contributed by atoms with E-state index in [0.717, 1.165) is 5.56 Å². The molecule has 0 aliphatic carbocycles. The second kappa shape index (κ2) is 12.9. The van der Waals surface area contributed by atoms with E-state index in [1.807, 2.05) is 37.3 Å². The Labute approximate surface area is 179 Å². The van der Waals surface area contributed by atoms with E-state index in [0.29, 0.717) is 38.8 Å². The maximum atomic E-state index is 12.2. The van der Waals surface area contributed by atoms with Crippen molar-refractivity contribution >= 4 is 16.0 Å². The molecule has 9 heteroatoms. The summed E-state index contributed by atoms with van der Waals surface area (Å²) in [5.74, 6) is 0.904. The Morgan fingerprint density at radius 1 is 1.13 bits per heavy atom. The molecule has 3 N–H and O–H groups in total. The van der Waals surface area contributed by atoms with Gasteiger partial charge in [0.1, 0.15) is 4.90 Å². The fraction of sp³-hybridized carbons (Fsp3) is 0.429. The number of pyridine rings is 1. The number of rotatable bonds is 12. The monoisotopic (exact) mass is 433 g/mol. The van der Waals surface area contributed by atoms with Crippen LogP contribution in [0.5, 0.6) is 0 Å². The van der Waals surface area contributed by atoms with Crippen molar-refractivity contribution in [1.29, 1.82) is 0 Å². The maximum Gasteiger partial charge on any atom is 0.242 e. The summed E-state index contributed by atoms with van der Waals surface area (Å²) in [5.41, 5.74) is 1.15. The van der Waals surface area contributed by atoms with Crippen LogP contribution in [-0.2, 0) is 21.4 Å². The molecule has 2 rings (SSSR count). The van der Waals surface area contributed by atoms with Crippen LogP contribution < -0.4 is 15.4 Å². The highest BCUT2D eigenvalue weighted by molar-refractivity contribution is 7.89. The van der Waals surface area contributed by atoms with Gasteiger partial charge >= 0.3 is 0 Å². The van der Waals surface area contributed by atoms with Gasteiger partial charge in [0.05, 0.1) is 13.2 Å². The van der Waals surface area contributed by atoms with E-state index in [2.05, 4.69) is 32.3 Å². The molecular formula is C21H31N5O3S. The number of aromatic nitrogens is 1. The molecule has 0 fully saturated rings. The first-order valence-electron chi connectivity index (χ1n) is 10.0. The summed E-state index contributed by atoms with van der Waals surface area (Å²) in [6.07, 6.45) is 2.86. The van der Waals surface area contributed by atoms with Gasteiger partial charge in [-0.2, -0.15) is 0 Å². The lowest BCUT2D eigenvalue weighted by Gasteiger charge is -2.14. The van der Waals surface area contributed by atoms with Crippen LogP contribution in [0.15, 0.2) is 64.7 Å². The van der Waals surface area contributed by atoms with Crippen LogP contribution in [0.1, 0.15) is 19.4 Å². The highest BCUT2D eigenvalue weighted by Crippen LogP contribution is 2.05. The van der Waals surface area contributed by atoms with Crippen molar-refractivity contribution in [3.63, 3.8) is 0 Å². The lowest BCUT2D eigenvalue weighted by molar-refractivity contribution is 0.0945. The minimum Gasteiger partial charge on any atom is -0.376 e. The predicted molar refractivity (Wildman–Crippen MR) is 119 cm³/mol. The van der Waals surface area contributed by atoms with Gasteiger partial charge in [-0.1, -0.05) is 37.3 Å². The first-order chi connectivity index (χ1) is 14.5. The Morgan fingerprint density at radius 2 is 1.93 bits per heavy atom. The quantitative estimate of drug-likeness (QED) is 0.268. The number of ether oxygens (including phenoxy) is 1. The van der Waals surface area contributed by atoms with Crippen molar-refractivity contribution in [3.05, 3.63) is 60.4 Å². The number of aliphatic imine (C=N–C) groups is 1. The van der Waals surface area contributed by atoms with Gasteiger partial charge in [0.2, 0.25) is 10.0 Å². The van der Waals surface area contributed by atoms with E-state index in [1.54, 1.807) is 6.07 Å². The van der Waals surface area contributed by atoms with Crippen LogP contribution in [0, 0.1) is 5.92 Å². The molecule has 1 heterocycles. The van der Waals surface area contributed by atoms with Gasteiger partial charge in [0.15, 0.2) is 5.96 Å². The maximum absolute atomic E-state index is 12.2. The molecule has 0 amide bonds. The summed E-state index contributed by atoms with van der Waals surface area (Å²) in [7, 11) is -3.56. The molecule has 0 radical (unpaired) electrons. The number of sulfonamides is 1. The SMILES string of the molecule is CCNC(=NCC(C)COCc1ccccc1)NCCNS(=O)(=O)c1cccnc1. The molecule has 0 bridgehead atoms. The Bertz CT molecular complexity index is 861. The zero-order chi connectivity index (χ0) is 21.7. The molecule has 1 atom stereocenters. The van der Waals surface area contributed by atoms with E-state index < -0.39 is 10.0 Å². The largest absolute Gasteiger partial charge is 0.376 e. The summed E-state index contributed by atoms with van der Waals surface area (Å²) in [4.78, 5) is 8.54. The van der Waals surface area contributed by atoms with Gasteiger partial charge in [-0.05, 0) is 30.5 Å². The standard InChI is InChI=1S/C21H31N5O3S/c1-3-23-21(24-12-13-26-30(27,28)20-10-7-11-22-15-20)25-14-18(2)16-29-17-19-8-5-4-6-9-19/h4-11,15,18,26H,3,12-14,16-17H2,1-2H3,(H2,23,24,25). The second-order valence-corrected chi connectivity index (χ2v) is 8.61. The number of guanidine groups is 1. The van der Waals surface area contributed by atoms with Gasteiger partial charge in [-0.15, -0.1) is 0 Å². The van der Waals surface area contributed by atoms with Crippen molar-refractivity contribution in [1.82, 2.24) is 20.3 Å². The minimum absolute atomic E-state index is 0.148. The number of hydrogen-bond donors (Lipinski definition) is 3. The van der Waals surface area contributed by atoms with Gasteiger partial charge < -0.3 is 15.4 Å². The van der Waals surface area contributed by atoms with Crippen LogP contribution >= 0.6 is 0 Å². The first kappa shape index (κ1) is 23.8. The third-order valence-corrected chi connectivity index (χ3v) is 5.52. The van der Waals surface area contributed by atoms with Crippen molar-refractivity contribution < 1.29 is 13.2 Å². The number of nitrogens with zero attached hydrogens (tertiary/aromatic N) is 2. The first-order valence-corrected chi connectivity index (χ1v) is 11.5. The fourth-order valence-corrected chi connectivity index (χ4v) is 3.54. The molecule has 164 valence electrons. The van der Waals surface area contributed by atoms with Gasteiger partial charge in [0, 0.05) is 38.6 Å². The lowest BCUT2D eigenvalue weighted by atomic mass is 10.2. The van der Waals surface area contributed by atoms with E-state index in [-0.39, 0.29) is 17.4 Å². The van der Waals surface area contributed by atoms with Crippen molar-refractivity contribution in [2.45, 2.75) is 25.3 Å².